The molecule has 0 aliphatic carbocycles. The lowest BCUT2D eigenvalue weighted by Crippen LogP contribution is -1.99. The van der Waals surface area contributed by atoms with Gasteiger partial charge in [-0.05, 0) is 18.2 Å². The second-order valence-electron chi connectivity index (χ2n) is 3.37. The van der Waals surface area contributed by atoms with Crippen molar-refractivity contribution in [1.82, 2.24) is 4.98 Å². The van der Waals surface area contributed by atoms with Crippen LogP contribution in [0.4, 0.5) is 4.39 Å². The molecule has 4 heteroatoms. The number of aromatic nitrogens is 1. The van der Waals surface area contributed by atoms with Gasteiger partial charge in [-0.1, -0.05) is 12.1 Å². The number of hydrogen-bond acceptors (Lipinski definition) is 3. The predicted molar refractivity (Wildman–Crippen MR) is 59.7 cm³/mol. The highest BCUT2D eigenvalue weighted by molar-refractivity contribution is 5.32. The fourth-order valence-corrected chi connectivity index (χ4v) is 1.32. The van der Waals surface area contributed by atoms with Crippen LogP contribution in [0.1, 0.15) is 11.1 Å². The van der Waals surface area contributed by atoms with Gasteiger partial charge in [0.25, 0.3) is 0 Å². The number of ether oxygens (including phenoxy) is 1. The highest BCUT2D eigenvalue weighted by Crippen LogP contribution is 2.13. The van der Waals surface area contributed by atoms with Crippen molar-refractivity contribution in [3.8, 4) is 11.9 Å². The van der Waals surface area contributed by atoms with E-state index in [9.17, 15) is 4.39 Å². The summed E-state index contributed by atoms with van der Waals surface area (Å²) in [7, 11) is 0. The molecule has 0 aliphatic rings. The molecule has 0 spiro atoms. The molecule has 2 aromatic rings. The molecule has 0 bridgehead atoms. The summed E-state index contributed by atoms with van der Waals surface area (Å²) in [5.41, 5.74) is 0.693. The van der Waals surface area contributed by atoms with Crippen molar-refractivity contribution >= 4 is 0 Å². The van der Waals surface area contributed by atoms with E-state index >= 15 is 0 Å². The fourth-order valence-electron chi connectivity index (χ4n) is 1.32. The van der Waals surface area contributed by atoms with Gasteiger partial charge in [-0.25, -0.2) is 9.37 Å². The topological polar surface area (TPSA) is 45.9 Å². The van der Waals surface area contributed by atoms with Crippen molar-refractivity contribution in [2.75, 3.05) is 0 Å². The Bertz CT molecular complexity index is 549. The minimum absolute atomic E-state index is 0.0918. The van der Waals surface area contributed by atoms with Crippen molar-refractivity contribution in [2.24, 2.45) is 0 Å². The molecule has 0 saturated carbocycles. The lowest BCUT2D eigenvalue weighted by Gasteiger charge is -2.05. The minimum atomic E-state index is -0.444. The Morgan fingerprint density at radius 2 is 2.18 bits per heavy atom. The SMILES string of the molecule is N#Cc1ccc(COc2ccccn2)c(F)c1. The molecular formula is C13H9FN2O. The van der Waals surface area contributed by atoms with Crippen molar-refractivity contribution in [3.05, 3.63) is 59.5 Å². The molecule has 0 fully saturated rings. The van der Waals surface area contributed by atoms with Crippen molar-refractivity contribution in [2.45, 2.75) is 6.61 Å². The molecule has 84 valence electrons. The van der Waals surface area contributed by atoms with Gasteiger partial charge in [0.05, 0.1) is 11.6 Å². The third kappa shape index (κ3) is 2.79. The van der Waals surface area contributed by atoms with Crippen molar-refractivity contribution in [3.63, 3.8) is 0 Å². The first-order valence-corrected chi connectivity index (χ1v) is 5.02. The van der Waals surface area contributed by atoms with Gasteiger partial charge in [0.1, 0.15) is 12.4 Å². The Balaban J connectivity index is 2.08. The van der Waals surface area contributed by atoms with E-state index in [2.05, 4.69) is 4.98 Å². The molecule has 0 radical (unpaired) electrons. The molecule has 1 heterocycles. The first-order chi connectivity index (χ1) is 8.29. The van der Waals surface area contributed by atoms with Crippen LogP contribution in [0.15, 0.2) is 42.6 Å². The maximum absolute atomic E-state index is 13.5. The number of halogens is 1. The van der Waals surface area contributed by atoms with E-state index in [-0.39, 0.29) is 6.61 Å². The zero-order valence-electron chi connectivity index (χ0n) is 8.93. The van der Waals surface area contributed by atoms with Crippen LogP contribution in [0.3, 0.4) is 0 Å². The highest BCUT2D eigenvalue weighted by atomic mass is 19.1. The van der Waals surface area contributed by atoms with Crippen LogP contribution in [0.5, 0.6) is 5.88 Å². The molecule has 1 aromatic carbocycles. The second kappa shape index (κ2) is 5.08. The van der Waals surface area contributed by atoms with Crippen LogP contribution >= 0.6 is 0 Å². The molecular weight excluding hydrogens is 219 g/mol. The monoisotopic (exact) mass is 228 g/mol. The number of rotatable bonds is 3. The summed E-state index contributed by atoms with van der Waals surface area (Å²) in [5, 5.41) is 8.60. The van der Waals surface area contributed by atoms with E-state index in [4.69, 9.17) is 10.00 Å². The second-order valence-corrected chi connectivity index (χ2v) is 3.37. The highest BCUT2D eigenvalue weighted by Gasteiger charge is 2.04. The zero-order valence-corrected chi connectivity index (χ0v) is 8.93. The van der Waals surface area contributed by atoms with E-state index in [0.717, 1.165) is 0 Å². The van der Waals surface area contributed by atoms with E-state index in [1.807, 2.05) is 6.07 Å². The number of hydrogen-bond donors (Lipinski definition) is 0. The summed E-state index contributed by atoms with van der Waals surface area (Å²) in [5.74, 6) is -0.00348. The van der Waals surface area contributed by atoms with Crippen molar-refractivity contribution < 1.29 is 9.13 Å². The fraction of sp³-hybridized carbons (Fsp3) is 0.0769. The Hall–Kier alpha value is -2.41. The summed E-state index contributed by atoms with van der Waals surface area (Å²) >= 11 is 0. The van der Waals surface area contributed by atoms with Crippen LogP contribution in [0.2, 0.25) is 0 Å². The Kier molecular flexibility index (Phi) is 3.31. The molecule has 0 saturated heterocycles. The lowest BCUT2D eigenvalue weighted by atomic mass is 10.1. The summed E-state index contributed by atoms with van der Waals surface area (Å²) in [4.78, 5) is 3.96. The molecule has 0 unspecified atom stereocenters. The van der Waals surface area contributed by atoms with Crippen LogP contribution in [-0.4, -0.2) is 4.98 Å². The van der Waals surface area contributed by atoms with E-state index < -0.39 is 5.82 Å². The normalized spacial score (nSPS) is 9.65. The maximum Gasteiger partial charge on any atom is 0.213 e. The predicted octanol–water partition coefficient (Wildman–Crippen LogP) is 2.67. The van der Waals surface area contributed by atoms with Crippen molar-refractivity contribution in [1.29, 1.82) is 5.26 Å². The molecule has 3 nitrogen and oxygen atoms in total. The number of nitriles is 1. The average molecular weight is 228 g/mol. The van der Waals surface area contributed by atoms with Gasteiger partial charge >= 0.3 is 0 Å². The standard InChI is InChI=1S/C13H9FN2O/c14-12-7-10(8-15)4-5-11(12)9-17-13-3-1-2-6-16-13/h1-7H,9H2. The number of nitrogens with zero attached hydrogens (tertiary/aromatic N) is 2. The van der Waals surface area contributed by atoms with E-state index in [1.54, 1.807) is 30.5 Å². The quantitative estimate of drug-likeness (QED) is 0.811. The van der Waals surface area contributed by atoms with Gasteiger partial charge < -0.3 is 4.74 Å². The van der Waals surface area contributed by atoms with Gasteiger partial charge in [-0.15, -0.1) is 0 Å². The largest absolute Gasteiger partial charge is 0.473 e. The minimum Gasteiger partial charge on any atom is -0.473 e. The van der Waals surface area contributed by atoms with Gasteiger partial charge in [0, 0.05) is 17.8 Å². The van der Waals surface area contributed by atoms with Crippen LogP contribution < -0.4 is 4.74 Å². The first-order valence-electron chi connectivity index (χ1n) is 5.02. The number of pyridine rings is 1. The van der Waals surface area contributed by atoms with E-state index in [1.165, 1.54) is 12.1 Å². The van der Waals surface area contributed by atoms with E-state index in [0.29, 0.717) is 17.0 Å². The molecule has 0 aliphatic heterocycles. The van der Waals surface area contributed by atoms with Crippen LogP contribution in [0, 0.1) is 17.1 Å². The van der Waals surface area contributed by atoms with Crippen LogP contribution in [-0.2, 0) is 6.61 Å². The Labute approximate surface area is 98.1 Å². The summed E-state index contributed by atoms with van der Waals surface area (Å²) in [6.45, 7) is 0.0918. The summed E-state index contributed by atoms with van der Waals surface area (Å²) in [6, 6.07) is 11.4. The van der Waals surface area contributed by atoms with Gasteiger partial charge in [0.2, 0.25) is 5.88 Å². The lowest BCUT2D eigenvalue weighted by molar-refractivity contribution is 0.288. The van der Waals surface area contributed by atoms with Gasteiger partial charge in [-0.2, -0.15) is 5.26 Å². The molecule has 0 amide bonds. The maximum atomic E-state index is 13.5. The summed E-state index contributed by atoms with van der Waals surface area (Å²) in [6.07, 6.45) is 1.60. The summed E-state index contributed by atoms with van der Waals surface area (Å²) < 4.78 is 18.8. The smallest absolute Gasteiger partial charge is 0.213 e. The first kappa shape index (κ1) is 11.1. The molecule has 0 N–H and O–H groups in total. The average Bonchev–Trinajstić information content (AvgIpc) is 2.38. The Morgan fingerprint density at radius 3 is 2.82 bits per heavy atom. The van der Waals surface area contributed by atoms with Crippen LogP contribution in [0.25, 0.3) is 0 Å². The third-order valence-electron chi connectivity index (χ3n) is 2.20. The molecule has 0 atom stereocenters. The number of benzene rings is 1. The molecule has 1 aromatic heterocycles. The molecule has 17 heavy (non-hydrogen) atoms. The third-order valence-corrected chi connectivity index (χ3v) is 2.20. The Morgan fingerprint density at radius 1 is 1.29 bits per heavy atom. The zero-order chi connectivity index (χ0) is 12.1. The molecule has 2 rings (SSSR count). The van der Waals surface area contributed by atoms with Gasteiger partial charge in [-0.3, -0.25) is 0 Å². The van der Waals surface area contributed by atoms with Gasteiger partial charge in [0.15, 0.2) is 0 Å².